The minimum Gasteiger partial charge on any atom is -0.115 e. The van der Waals surface area contributed by atoms with Crippen molar-refractivity contribution in [1.29, 1.82) is 0 Å². The molecule has 0 aromatic heterocycles. The molecule has 0 N–H and O–H groups in total. The monoisotopic (exact) mass is 330 g/mol. The molecule has 0 aliphatic heterocycles. The van der Waals surface area contributed by atoms with Crippen molar-refractivity contribution >= 4 is 24.3 Å². The van der Waals surface area contributed by atoms with Gasteiger partial charge in [-0.05, 0) is 52.6 Å². The van der Waals surface area contributed by atoms with Crippen LogP contribution >= 0.6 is 0 Å². The van der Waals surface area contributed by atoms with Crippen LogP contribution in [0.25, 0.3) is 24.3 Å². The maximum atomic E-state index is 5.45. The van der Waals surface area contributed by atoms with E-state index >= 15 is 0 Å². The van der Waals surface area contributed by atoms with Gasteiger partial charge in [0.25, 0.3) is 0 Å². The van der Waals surface area contributed by atoms with Crippen molar-refractivity contribution in [2.75, 3.05) is 0 Å². The van der Waals surface area contributed by atoms with E-state index in [1.54, 1.807) is 0 Å². The Morgan fingerprint density at radius 1 is 0.500 bits per heavy atom. The van der Waals surface area contributed by atoms with Crippen LogP contribution in [0.2, 0.25) is 0 Å². The Bertz CT molecular complexity index is 967. The van der Waals surface area contributed by atoms with Crippen LogP contribution in [0, 0.1) is 24.7 Å². The van der Waals surface area contributed by atoms with E-state index in [0.717, 1.165) is 33.4 Å². The van der Waals surface area contributed by atoms with Gasteiger partial charge in [0.05, 0.1) is 0 Å². The van der Waals surface area contributed by atoms with E-state index in [1.807, 2.05) is 48.5 Å². The van der Waals surface area contributed by atoms with Gasteiger partial charge in [-0.3, -0.25) is 0 Å². The van der Waals surface area contributed by atoms with Crippen molar-refractivity contribution in [3.05, 3.63) is 106 Å². The van der Waals surface area contributed by atoms with Gasteiger partial charge in [-0.25, -0.2) is 0 Å². The molecule has 122 valence electrons. The van der Waals surface area contributed by atoms with Gasteiger partial charge in [0.15, 0.2) is 0 Å². The smallest absolute Gasteiger partial charge is 0.0248 e. The fourth-order valence-corrected chi connectivity index (χ4v) is 2.62. The predicted octanol–water partition coefficient (Wildman–Crippen LogP) is 5.99. The first-order valence-electron chi connectivity index (χ1n) is 8.36. The highest BCUT2D eigenvalue weighted by Crippen LogP contribution is 2.14. The molecule has 0 spiro atoms. The minimum atomic E-state index is 0.887. The molecule has 0 nitrogen and oxygen atoms in total. The van der Waals surface area contributed by atoms with Crippen molar-refractivity contribution in [2.24, 2.45) is 0 Å². The SMILES string of the molecule is C#Cc1cccc(C=Cc2cccc(C=Cc3cccc(C#C)c3)c2)c1. The third kappa shape index (κ3) is 4.64. The fraction of sp³-hybridized carbons (Fsp3) is 0. The van der Waals surface area contributed by atoms with Crippen molar-refractivity contribution in [3.8, 4) is 24.7 Å². The summed E-state index contributed by atoms with van der Waals surface area (Å²) in [5.41, 5.74) is 6.22. The first-order valence-corrected chi connectivity index (χ1v) is 8.36. The lowest BCUT2D eigenvalue weighted by Crippen LogP contribution is -1.79. The highest BCUT2D eigenvalue weighted by atomic mass is 14.0. The zero-order valence-electron chi connectivity index (χ0n) is 14.4. The van der Waals surface area contributed by atoms with Crippen LogP contribution in [-0.4, -0.2) is 0 Å². The van der Waals surface area contributed by atoms with Crippen molar-refractivity contribution < 1.29 is 0 Å². The molecule has 0 amide bonds. The molecule has 0 saturated carbocycles. The largest absolute Gasteiger partial charge is 0.115 e. The van der Waals surface area contributed by atoms with Crippen LogP contribution in [-0.2, 0) is 0 Å². The average molecular weight is 330 g/mol. The highest BCUT2D eigenvalue weighted by molar-refractivity contribution is 5.74. The van der Waals surface area contributed by atoms with E-state index in [9.17, 15) is 0 Å². The summed E-state index contributed by atoms with van der Waals surface area (Å²) in [5.74, 6) is 5.32. The summed E-state index contributed by atoms with van der Waals surface area (Å²) in [4.78, 5) is 0. The number of terminal acetylenes is 2. The number of hydrogen-bond donors (Lipinski definition) is 0. The van der Waals surface area contributed by atoms with E-state index in [0.29, 0.717) is 0 Å². The lowest BCUT2D eigenvalue weighted by Gasteiger charge is -1.99. The zero-order chi connectivity index (χ0) is 18.2. The molecule has 26 heavy (non-hydrogen) atoms. The van der Waals surface area contributed by atoms with Crippen LogP contribution in [0.5, 0.6) is 0 Å². The van der Waals surface area contributed by atoms with Crippen LogP contribution in [0.1, 0.15) is 33.4 Å². The Morgan fingerprint density at radius 2 is 0.846 bits per heavy atom. The Kier molecular flexibility index (Phi) is 5.51. The van der Waals surface area contributed by atoms with Gasteiger partial charge in [0, 0.05) is 11.1 Å². The molecule has 0 bridgehead atoms. The molecule has 0 saturated heterocycles. The first-order chi connectivity index (χ1) is 12.8. The third-order valence-corrected chi connectivity index (χ3v) is 3.95. The molecule has 0 fully saturated rings. The van der Waals surface area contributed by atoms with E-state index in [4.69, 9.17) is 12.8 Å². The summed E-state index contributed by atoms with van der Waals surface area (Å²) >= 11 is 0. The van der Waals surface area contributed by atoms with E-state index in [2.05, 4.69) is 60.4 Å². The molecular formula is C26H18. The number of benzene rings is 3. The van der Waals surface area contributed by atoms with Gasteiger partial charge in [-0.1, -0.05) is 78.6 Å². The van der Waals surface area contributed by atoms with Crippen molar-refractivity contribution in [3.63, 3.8) is 0 Å². The number of rotatable bonds is 4. The molecule has 0 aliphatic carbocycles. The predicted molar refractivity (Wildman–Crippen MR) is 113 cm³/mol. The molecular weight excluding hydrogens is 312 g/mol. The molecule has 0 heteroatoms. The van der Waals surface area contributed by atoms with Crippen molar-refractivity contribution in [1.82, 2.24) is 0 Å². The first kappa shape index (κ1) is 17.1. The Hall–Kier alpha value is -3.74. The summed E-state index contributed by atoms with van der Waals surface area (Å²) in [6.07, 6.45) is 19.2. The second-order valence-electron chi connectivity index (χ2n) is 5.88. The van der Waals surface area contributed by atoms with Gasteiger partial charge in [0.2, 0.25) is 0 Å². The Balaban J connectivity index is 1.77. The molecule has 3 aromatic rings. The molecule has 0 aliphatic rings. The molecule has 0 atom stereocenters. The van der Waals surface area contributed by atoms with E-state index in [-0.39, 0.29) is 0 Å². The Morgan fingerprint density at radius 3 is 1.23 bits per heavy atom. The van der Waals surface area contributed by atoms with Crippen LogP contribution in [0.4, 0.5) is 0 Å². The average Bonchev–Trinajstić information content (AvgIpc) is 2.71. The molecule has 0 radical (unpaired) electrons. The van der Waals surface area contributed by atoms with Crippen LogP contribution < -0.4 is 0 Å². The summed E-state index contributed by atoms with van der Waals surface area (Å²) < 4.78 is 0. The quantitative estimate of drug-likeness (QED) is 0.407. The maximum absolute atomic E-state index is 5.45. The lowest BCUT2D eigenvalue weighted by atomic mass is 10.1. The normalized spacial score (nSPS) is 10.7. The van der Waals surface area contributed by atoms with Gasteiger partial charge < -0.3 is 0 Å². The third-order valence-electron chi connectivity index (χ3n) is 3.95. The van der Waals surface area contributed by atoms with Crippen molar-refractivity contribution in [2.45, 2.75) is 0 Å². The van der Waals surface area contributed by atoms with Crippen LogP contribution in [0.3, 0.4) is 0 Å². The summed E-state index contributed by atoms with van der Waals surface area (Å²) in [5, 5.41) is 0. The minimum absolute atomic E-state index is 0.887. The summed E-state index contributed by atoms with van der Waals surface area (Å²) in [7, 11) is 0. The molecule has 0 heterocycles. The highest BCUT2D eigenvalue weighted by Gasteiger charge is 1.93. The number of hydrogen-bond acceptors (Lipinski definition) is 0. The van der Waals surface area contributed by atoms with Gasteiger partial charge in [0.1, 0.15) is 0 Å². The van der Waals surface area contributed by atoms with E-state index < -0.39 is 0 Å². The summed E-state index contributed by atoms with van der Waals surface area (Å²) in [6.45, 7) is 0. The zero-order valence-corrected chi connectivity index (χ0v) is 14.4. The van der Waals surface area contributed by atoms with Crippen LogP contribution in [0.15, 0.2) is 72.8 Å². The standard InChI is InChI=1S/C26H18/c1-3-21-8-5-10-23(18-21)14-16-25-12-7-13-26(20-25)17-15-24-11-6-9-22(4-2)19-24/h1-2,5-20H. The summed E-state index contributed by atoms with van der Waals surface area (Å²) in [6, 6.07) is 24.2. The van der Waals surface area contributed by atoms with Gasteiger partial charge in [-0.2, -0.15) is 0 Å². The van der Waals surface area contributed by atoms with E-state index in [1.165, 1.54) is 0 Å². The lowest BCUT2D eigenvalue weighted by molar-refractivity contribution is 1.59. The Labute approximate surface area is 155 Å². The molecule has 3 rings (SSSR count). The second kappa shape index (κ2) is 8.39. The van der Waals surface area contributed by atoms with Gasteiger partial charge in [-0.15, -0.1) is 12.8 Å². The van der Waals surface area contributed by atoms with Gasteiger partial charge >= 0.3 is 0 Å². The maximum Gasteiger partial charge on any atom is 0.0248 e. The topological polar surface area (TPSA) is 0 Å². The molecule has 3 aromatic carbocycles. The fourth-order valence-electron chi connectivity index (χ4n) is 2.62. The molecule has 0 unspecified atom stereocenters. The second-order valence-corrected chi connectivity index (χ2v) is 5.88.